The molecule has 2 N–H and O–H groups in total. The minimum atomic E-state index is -3.56. The van der Waals surface area contributed by atoms with Crippen molar-refractivity contribution in [1.29, 1.82) is 0 Å². The Labute approximate surface area is 166 Å². The largest absolute Gasteiger partial charge is 0.338 e. The topological polar surface area (TPSA) is 83.7 Å². The van der Waals surface area contributed by atoms with Gasteiger partial charge < -0.3 is 10.6 Å². The molecule has 6 nitrogen and oxygen atoms in total. The lowest BCUT2D eigenvalue weighted by Crippen LogP contribution is -2.60. The molecule has 1 heterocycles. The number of halogens is 2. The fourth-order valence-corrected chi connectivity index (χ4v) is 5.15. The van der Waals surface area contributed by atoms with E-state index in [4.69, 9.17) is 17.3 Å². The number of rotatable bonds is 3. The van der Waals surface area contributed by atoms with Crippen LogP contribution in [-0.4, -0.2) is 55.2 Å². The zero-order valence-corrected chi connectivity index (χ0v) is 17.0. The van der Waals surface area contributed by atoms with Crippen molar-refractivity contribution in [2.45, 2.75) is 42.5 Å². The molecule has 1 aliphatic heterocycles. The predicted molar refractivity (Wildman–Crippen MR) is 104 cm³/mol. The van der Waals surface area contributed by atoms with Crippen LogP contribution in [0.4, 0.5) is 0 Å². The van der Waals surface area contributed by atoms with Crippen LogP contribution in [0.2, 0.25) is 5.02 Å². The summed E-state index contributed by atoms with van der Waals surface area (Å²) in [5.41, 5.74) is 5.56. The number of hydrogen-bond acceptors (Lipinski definition) is 4. The van der Waals surface area contributed by atoms with Gasteiger partial charge in [0.1, 0.15) is 0 Å². The van der Waals surface area contributed by atoms with Crippen molar-refractivity contribution < 1.29 is 13.2 Å². The highest BCUT2D eigenvalue weighted by atomic mass is 35.5. The van der Waals surface area contributed by atoms with Crippen molar-refractivity contribution >= 4 is 39.9 Å². The van der Waals surface area contributed by atoms with Gasteiger partial charge in [-0.1, -0.05) is 30.9 Å². The highest BCUT2D eigenvalue weighted by molar-refractivity contribution is 7.89. The first kappa shape index (κ1) is 21.4. The van der Waals surface area contributed by atoms with E-state index >= 15 is 0 Å². The van der Waals surface area contributed by atoms with Gasteiger partial charge in [-0.15, -0.1) is 12.4 Å². The van der Waals surface area contributed by atoms with Gasteiger partial charge in [-0.05, 0) is 37.1 Å². The lowest BCUT2D eigenvalue weighted by molar-refractivity contribution is -0.139. The second-order valence-electron chi connectivity index (χ2n) is 6.87. The Morgan fingerprint density at radius 2 is 1.54 bits per heavy atom. The molecule has 0 bridgehead atoms. The van der Waals surface area contributed by atoms with Gasteiger partial charge in [-0.3, -0.25) is 4.79 Å². The van der Waals surface area contributed by atoms with Crippen LogP contribution < -0.4 is 5.73 Å². The van der Waals surface area contributed by atoms with Crippen molar-refractivity contribution in [3.05, 3.63) is 29.3 Å². The molecule has 0 radical (unpaired) electrons. The van der Waals surface area contributed by atoms with Crippen LogP contribution in [0, 0.1) is 0 Å². The highest BCUT2D eigenvalue weighted by Crippen LogP contribution is 2.28. The summed E-state index contributed by atoms with van der Waals surface area (Å²) in [4.78, 5) is 14.7. The number of nitrogens with zero attached hydrogens (tertiary/aromatic N) is 2. The Bertz CT molecular complexity index is 726. The fourth-order valence-electron chi connectivity index (χ4n) is 3.60. The number of piperazine rings is 1. The van der Waals surface area contributed by atoms with Crippen LogP contribution >= 0.6 is 24.0 Å². The van der Waals surface area contributed by atoms with Crippen LogP contribution in [0.15, 0.2) is 29.2 Å². The summed E-state index contributed by atoms with van der Waals surface area (Å²) in [6.07, 6.45) is 4.52. The lowest BCUT2D eigenvalue weighted by atomic mass is 9.81. The van der Waals surface area contributed by atoms with E-state index in [0.717, 1.165) is 32.1 Å². The zero-order chi connectivity index (χ0) is 18.1. The van der Waals surface area contributed by atoms with Gasteiger partial charge in [0.15, 0.2) is 0 Å². The molecular weight excluding hydrogens is 397 g/mol. The summed E-state index contributed by atoms with van der Waals surface area (Å²) >= 11 is 5.82. The average molecular weight is 422 g/mol. The number of nitrogens with two attached hydrogens (primary N) is 1. The molecule has 0 aromatic heterocycles. The first-order chi connectivity index (χ1) is 11.8. The van der Waals surface area contributed by atoms with Gasteiger partial charge in [0.05, 0.1) is 10.4 Å². The lowest BCUT2D eigenvalue weighted by Gasteiger charge is -2.40. The summed E-state index contributed by atoms with van der Waals surface area (Å²) in [5.74, 6) is -0.0317. The zero-order valence-electron chi connectivity index (χ0n) is 14.6. The standard InChI is InChI=1S/C17H24ClN3O3S.ClH/c18-14-4-6-15(7-5-14)25(23,24)21-12-10-20(11-13-21)16(22)17(19)8-2-1-3-9-17;/h4-7H,1-3,8-13,19H2;1H. The molecule has 2 aliphatic rings. The third kappa shape index (κ3) is 4.34. The van der Waals surface area contributed by atoms with Crippen LogP contribution in [0.3, 0.4) is 0 Å². The van der Waals surface area contributed by atoms with E-state index in [1.807, 2.05) is 0 Å². The maximum Gasteiger partial charge on any atom is 0.243 e. The number of amides is 1. The van der Waals surface area contributed by atoms with E-state index in [0.29, 0.717) is 18.1 Å². The first-order valence-electron chi connectivity index (χ1n) is 8.67. The third-order valence-electron chi connectivity index (χ3n) is 5.15. The summed E-state index contributed by atoms with van der Waals surface area (Å²) in [5, 5.41) is 0.495. The predicted octanol–water partition coefficient (Wildman–Crippen LogP) is 2.26. The van der Waals surface area contributed by atoms with Crippen molar-refractivity contribution in [3.63, 3.8) is 0 Å². The summed E-state index contributed by atoms with van der Waals surface area (Å²) < 4.78 is 26.8. The van der Waals surface area contributed by atoms with Gasteiger partial charge in [0.25, 0.3) is 0 Å². The minimum absolute atomic E-state index is 0. The van der Waals surface area contributed by atoms with E-state index in [-0.39, 0.29) is 36.3 Å². The molecule has 9 heteroatoms. The van der Waals surface area contributed by atoms with E-state index in [1.165, 1.54) is 16.4 Å². The van der Waals surface area contributed by atoms with E-state index in [1.54, 1.807) is 17.0 Å². The Balaban J connectivity index is 0.00000243. The van der Waals surface area contributed by atoms with Crippen LogP contribution in [-0.2, 0) is 14.8 Å². The summed E-state index contributed by atoms with van der Waals surface area (Å²) in [6.45, 7) is 1.33. The third-order valence-corrected chi connectivity index (χ3v) is 7.31. The molecule has 0 spiro atoms. The van der Waals surface area contributed by atoms with Gasteiger partial charge in [-0.25, -0.2) is 8.42 Å². The Hall–Kier alpha value is -0.860. The van der Waals surface area contributed by atoms with Gasteiger partial charge >= 0.3 is 0 Å². The highest BCUT2D eigenvalue weighted by Gasteiger charge is 2.40. The molecule has 1 saturated heterocycles. The smallest absolute Gasteiger partial charge is 0.243 e. The van der Waals surface area contributed by atoms with Crippen molar-refractivity contribution in [2.24, 2.45) is 5.73 Å². The van der Waals surface area contributed by atoms with Gasteiger partial charge in [0.2, 0.25) is 15.9 Å². The van der Waals surface area contributed by atoms with E-state index < -0.39 is 15.6 Å². The Morgan fingerprint density at radius 3 is 2.08 bits per heavy atom. The number of hydrogen-bond donors (Lipinski definition) is 1. The molecule has 146 valence electrons. The second kappa shape index (κ2) is 8.44. The Morgan fingerprint density at radius 1 is 1.00 bits per heavy atom. The summed E-state index contributed by atoms with van der Waals surface area (Å²) in [7, 11) is -3.56. The normalized spacial score (nSPS) is 21.1. The monoisotopic (exact) mass is 421 g/mol. The number of carbonyl (C=O) groups excluding carboxylic acids is 1. The molecule has 1 saturated carbocycles. The molecule has 1 amide bonds. The molecule has 1 aromatic rings. The number of sulfonamides is 1. The Kier molecular flexibility index (Phi) is 6.96. The van der Waals surface area contributed by atoms with E-state index in [2.05, 4.69) is 0 Å². The molecule has 0 unspecified atom stereocenters. The van der Waals surface area contributed by atoms with Crippen molar-refractivity contribution in [1.82, 2.24) is 9.21 Å². The second-order valence-corrected chi connectivity index (χ2v) is 9.24. The number of benzene rings is 1. The number of carbonyl (C=O) groups is 1. The molecule has 2 fully saturated rings. The molecule has 1 aromatic carbocycles. The maximum atomic E-state index is 12.8. The van der Waals surface area contributed by atoms with Gasteiger partial charge in [-0.2, -0.15) is 4.31 Å². The molecule has 3 rings (SSSR count). The molecule has 0 atom stereocenters. The first-order valence-corrected chi connectivity index (χ1v) is 10.5. The molecule has 1 aliphatic carbocycles. The fraction of sp³-hybridized carbons (Fsp3) is 0.588. The van der Waals surface area contributed by atoms with Crippen molar-refractivity contribution in [3.8, 4) is 0 Å². The van der Waals surface area contributed by atoms with E-state index in [9.17, 15) is 13.2 Å². The minimum Gasteiger partial charge on any atom is -0.338 e. The quantitative estimate of drug-likeness (QED) is 0.810. The van der Waals surface area contributed by atoms with Crippen LogP contribution in [0.1, 0.15) is 32.1 Å². The summed E-state index contributed by atoms with van der Waals surface area (Å²) in [6, 6.07) is 6.14. The SMILES string of the molecule is Cl.NC1(C(=O)N2CCN(S(=O)(=O)c3ccc(Cl)cc3)CC2)CCCCC1. The average Bonchev–Trinajstić information content (AvgIpc) is 2.62. The van der Waals surface area contributed by atoms with Gasteiger partial charge in [0, 0.05) is 31.2 Å². The molecular formula is C17H25Cl2N3O3S. The maximum absolute atomic E-state index is 12.8. The van der Waals surface area contributed by atoms with Crippen LogP contribution in [0.5, 0.6) is 0 Å². The van der Waals surface area contributed by atoms with Crippen molar-refractivity contribution in [2.75, 3.05) is 26.2 Å². The molecule has 26 heavy (non-hydrogen) atoms. The van der Waals surface area contributed by atoms with Crippen LogP contribution in [0.25, 0.3) is 0 Å².